The summed E-state index contributed by atoms with van der Waals surface area (Å²) in [7, 11) is 1.98. The molecule has 1 N–H and O–H groups in total. The van der Waals surface area contributed by atoms with Crippen LogP contribution >= 0.6 is 0 Å². The van der Waals surface area contributed by atoms with Gasteiger partial charge in [0.15, 0.2) is 0 Å². The lowest BCUT2D eigenvalue weighted by molar-refractivity contribution is 0.802. The molecule has 0 rings (SSSR count). The van der Waals surface area contributed by atoms with Crippen LogP contribution < -0.4 is 5.32 Å². The van der Waals surface area contributed by atoms with E-state index in [-0.39, 0.29) is 0 Å². The lowest BCUT2D eigenvalue weighted by Crippen LogP contribution is -2.05. The number of hydrogen-bond donors (Lipinski definition) is 1. The fraction of sp³-hybridized carbons (Fsp3) is 0.750. The lowest BCUT2D eigenvalue weighted by Gasteiger charge is -1.94. The fourth-order valence-corrected chi connectivity index (χ4v) is 0.607. The molecule has 0 bridgehead atoms. The normalized spacial score (nSPS) is 12.1. The van der Waals surface area contributed by atoms with Crippen LogP contribution in [0.15, 0.2) is 11.6 Å². The largest absolute Gasteiger partial charge is 0.319 e. The molecule has 9 heavy (non-hydrogen) atoms. The van der Waals surface area contributed by atoms with E-state index in [0.29, 0.717) is 0 Å². The third kappa shape index (κ3) is 5.57. The van der Waals surface area contributed by atoms with Crippen LogP contribution in [0, 0.1) is 0 Å². The van der Waals surface area contributed by atoms with Gasteiger partial charge in [-0.1, -0.05) is 18.6 Å². The molecular weight excluding hydrogens is 110 g/mol. The quantitative estimate of drug-likeness (QED) is 0.449. The predicted molar refractivity (Wildman–Crippen MR) is 42.6 cm³/mol. The zero-order chi connectivity index (χ0) is 7.11. The highest BCUT2D eigenvalue weighted by atomic mass is 14.8. The third-order valence-corrected chi connectivity index (χ3v) is 1.44. The van der Waals surface area contributed by atoms with Gasteiger partial charge in [-0.2, -0.15) is 0 Å². The van der Waals surface area contributed by atoms with Crippen molar-refractivity contribution in [1.29, 1.82) is 0 Å². The summed E-state index contributed by atoms with van der Waals surface area (Å²) in [6, 6.07) is 0. The zero-order valence-corrected chi connectivity index (χ0v) is 6.70. The van der Waals surface area contributed by atoms with Crippen LogP contribution in [0.5, 0.6) is 0 Å². The van der Waals surface area contributed by atoms with Crippen molar-refractivity contribution in [3.05, 3.63) is 11.6 Å². The van der Waals surface area contributed by atoms with Crippen LogP contribution in [0.3, 0.4) is 0 Å². The molecule has 0 aromatic carbocycles. The van der Waals surface area contributed by atoms with Gasteiger partial charge in [-0.05, 0) is 33.4 Å². The molecule has 54 valence electrons. The predicted octanol–water partition coefficient (Wildman–Crippen LogP) is 1.95. The van der Waals surface area contributed by atoms with Gasteiger partial charge in [0.25, 0.3) is 0 Å². The van der Waals surface area contributed by atoms with Gasteiger partial charge in [-0.3, -0.25) is 0 Å². The maximum atomic E-state index is 3.10. The zero-order valence-electron chi connectivity index (χ0n) is 6.70. The van der Waals surface area contributed by atoms with Crippen molar-refractivity contribution in [2.45, 2.75) is 26.7 Å². The Bertz CT molecular complexity index is 84.6. The van der Waals surface area contributed by atoms with E-state index in [1.165, 1.54) is 12.0 Å². The van der Waals surface area contributed by atoms with Crippen LogP contribution in [0.1, 0.15) is 26.7 Å². The molecule has 1 heteroatoms. The van der Waals surface area contributed by atoms with Crippen LogP contribution in [0.4, 0.5) is 0 Å². The summed E-state index contributed by atoms with van der Waals surface area (Å²) in [6.07, 6.45) is 4.64. The first-order valence-corrected chi connectivity index (χ1v) is 3.61. The van der Waals surface area contributed by atoms with Crippen LogP contribution in [0.2, 0.25) is 0 Å². The monoisotopic (exact) mass is 127 g/mol. The molecule has 0 aromatic rings. The molecule has 0 aromatic heterocycles. The van der Waals surface area contributed by atoms with E-state index in [1.54, 1.807) is 0 Å². The van der Waals surface area contributed by atoms with Crippen molar-refractivity contribution in [2.75, 3.05) is 13.6 Å². The first-order valence-electron chi connectivity index (χ1n) is 3.61. The Kier molecular flexibility index (Phi) is 5.64. The summed E-state index contributed by atoms with van der Waals surface area (Å²) in [5.41, 5.74) is 1.49. The van der Waals surface area contributed by atoms with Crippen LogP contribution in [0.25, 0.3) is 0 Å². The summed E-state index contributed by atoms with van der Waals surface area (Å²) in [6.45, 7) is 5.46. The van der Waals surface area contributed by atoms with Gasteiger partial charge < -0.3 is 5.32 Å². The minimum absolute atomic E-state index is 1.09. The van der Waals surface area contributed by atoms with Gasteiger partial charge in [0.2, 0.25) is 0 Å². The van der Waals surface area contributed by atoms with Gasteiger partial charge in [-0.15, -0.1) is 0 Å². The molecule has 0 aliphatic carbocycles. The Balaban J connectivity index is 3.21. The standard InChI is InChI=1S/C8H17N/c1-4-8(2)6-5-7-9-3/h6,9H,4-5,7H2,1-3H3/b8-6+. The summed E-state index contributed by atoms with van der Waals surface area (Å²) in [4.78, 5) is 0. The topological polar surface area (TPSA) is 12.0 Å². The maximum Gasteiger partial charge on any atom is -0.00172 e. The van der Waals surface area contributed by atoms with Gasteiger partial charge in [0, 0.05) is 0 Å². The van der Waals surface area contributed by atoms with Gasteiger partial charge in [0.05, 0.1) is 0 Å². The number of allylic oxidation sites excluding steroid dienone is 1. The third-order valence-electron chi connectivity index (χ3n) is 1.44. The molecule has 0 aliphatic heterocycles. The number of nitrogens with one attached hydrogen (secondary N) is 1. The molecule has 0 saturated heterocycles. The summed E-state index contributed by atoms with van der Waals surface area (Å²) in [5.74, 6) is 0. The first kappa shape index (κ1) is 8.70. The smallest absolute Gasteiger partial charge is 0.00172 e. The highest BCUT2D eigenvalue weighted by molar-refractivity contribution is 4.96. The molecular formula is C8H17N. The maximum absolute atomic E-state index is 3.10. The molecule has 0 fully saturated rings. The Labute approximate surface area is 58.2 Å². The Morgan fingerprint density at radius 3 is 2.67 bits per heavy atom. The van der Waals surface area contributed by atoms with Crippen LogP contribution in [-0.4, -0.2) is 13.6 Å². The van der Waals surface area contributed by atoms with E-state index in [9.17, 15) is 0 Å². The van der Waals surface area contributed by atoms with Gasteiger partial charge >= 0.3 is 0 Å². The van der Waals surface area contributed by atoms with E-state index in [1.807, 2.05) is 7.05 Å². The van der Waals surface area contributed by atoms with Crippen molar-refractivity contribution < 1.29 is 0 Å². The SMILES string of the molecule is CC/C(C)=C/CCNC. The van der Waals surface area contributed by atoms with E-state index >= 15 is 0 Å². The second kappa shape index (κ2) is 5.83. The van der Waals surface area contributed by atoms with E-state index < -0.39 is 0 Å². The summed E-state index contributed by atoms with van der Waals surface area (Å²) >= 11 is 0. The number of rotatable bonds is 4. The summed E-state index contributed by atoms with van der Waals surface area (Å²) in [5, 5.41) is 3.10. The molecule has 0 spiro atoms. The average molecular weight is 127 g/mol. The van der Waals surface area contributed by atoms with E-state index in [4.69, 9.17) is 0 Å². The van der Waals surface area contributed by atoms with Crippen molar-refractivity contribution in [3.8, 4) is 0 Å². The van der Waals surface area contributed by atoms with Crippen molar-refractivity contribution >= 4 is 0 Å². The second-order valence-corrected chi connectivity index (χ2v) is 2.30. The Morgan fingerprint density at radius 2 is 2.22 bits per heavy atom. The van der Waals surface area contributed by atoms with Crippen molar-refractivity contribution in [2.24, 2.45) is 0 Å². The fourth-order valence-electron chi connectivity index (χ4n) is 0.607. The van der Waals surface area contributed by atoms with Gasteiger partial charge in [0.1, 0.15) is 0 Å². The number of hydrogen-bond acceptors (Lipinski definition) is 1. The van der Waals surface area contributed by atoms with Gasteiger partial charge in [-0.25, -0.2) is 0 Å². The highest BCUT2D eigenvalue weighted by Gasteiger charge is 1.81. The average Bonchev–Trinajstić information content (AvgIpc) is 1.89. The van der Waals surface area contributed by atoms with Crippen molar-refractivity contribution in [1.82, 2.24) is 5.32 Å². The minimum atomic E-state index is 1.09. The summed E-state index contributed by atoms with van der Waals surface area (Å²) < 4.78 is 0. The minimum Gasteiger partial charge on any atom is -0.319 e. The van der Waals surface area contributed by atoms with E-state index in [0.717, 1.165) is 13.0 Å². The molecule has 0 heterocycles. The molecule has 0 aliphatic rings. The molecule has 0 amide bonds. The second-order valence-electron chi connectivity index (χ2n) is 2.30. The highest BCUT2D eigenvalue weighted by Crippen LogP contribution is 1.98. The Hall–Kier alpha value is -0.300. The van der Waals surface area contributed by atoms with Crippen LogP contribution in [-0.2, 0) is 0 Å². The molecule has 1 nitrogen and oxygen atoms in total. The molecule has 0 atom stereocenters. The lowest BCUT2D eigenvalue weighted by atomic mass is 10.2. The molecule has 0 unspecified atom stereocenters. The first-order chi connectivity index (χ1) is 4.31. The van der Waals surface area contributed by atoms with E-state index in [2.05, 4.69) is 25.2 Å². The molecule has 0 radical (unpaired) electrons. The molecule has 0 saturated carbocycles. The van der Waals surface area contributed by atoms with Crippen molar-refractivity contribution in [3.63, 3.8) is 0 Å². The Morgan fingerprint density at radius 1 is 1.56 bits per heavy atom.